The highest BCUT2D eigenvalue weighted by Crippen LogP contribution is 2.29. The third-order valence-electron chi connectivity index (χ3n) is 5.78. The van der Waals surface area contributed by atoms with Crippen LogP contribution in [0.15, 0.2) is 0 Å². The minimum atomic E-state index is 0.762. The Balaban J connectivity index is 1.58. The first-order valence-electron chi connectivity index (χ1n) is 9.24. The summed E-state index contributed by atoms with van der Waals surface area (Å²) in [5, 5.41) is 7.60. The molecule has 2 rings (SSSR count). The van der Waals surface area contributed by atoms with Gasteiger partial charge in [-0.3, -0.25) is 0 Å². The molecule has 0 bridgehead atoms. The van der Waals surface area contributed by atoms with E-state index in [9.17, 15) is 0 Å². The van der Waals surface area contributed by atoms with Crippen LogP contribution in [-0.4, -0.2) is 25.2 Å². The van der Waals surface area contributed by atoms with Crippen LogP contribution in [-0.2, 0) is 0 Å². The van der Waals surface area contributed by atoms with Gasteiger partial charge < -0.3 is 10.6 Å². The molecule has 0 aliphatic heterocycles. The van der Waals surface area contributed by atoms with Gasteiger partial charge in [0.05, 0.1) is 0 Å². The Bertz CT molecular complexity index is 246. The van der Waals surface area contributed by atoms with Crippen LogP contribution in [0.3, 0.4) is 0 Å². The number of hydrogen-bond donors (Lipinski definition) is 2. The summed E-state index contributed by atoms with van der Waals surface area (Å²) in [7, 11) is 0. The van der Waals surface area contributed by atoms with E-state index in [0.29, 0.717) is 0 Å². The molecule has 0 heterocycles. The number of nitrogens with one attached hydrogen (secondary N) is 2. The Labute approximate surface area is 126 Å². The van der Waals surface area contributed by atoms with Crippen molar-refractivity contribution >= 4 is 0 Å². The summed E-state index contributed by atoms with van der Waals surface area (Å²) in [6.07, 6.45) is 14.3. The molecule has 2 aliphatic carbocycles. The van der Waals surface area contributed by atoms with Gasteiger partial charge in [-0.05, 0) is 31.1 Å². The van der Waals surface area contributed by atoms with Crippen LogP contribution in [0.1, 0.15) is 78.1 Å². The largest absolute Gasteiger partial charge is 0.313 e. The first kappa shape index (κ1) is 16.3. The summed E-state index contributed by atoms with van der Waals surface area (Å²) in [6, 6.07) is 1.55. The SMILES string of the molecule is CC1CCCC(NCCNC2CCCCCCC2)C1C. The first-order valence-corrected chi connectivity index (χ1v) is 9.24. The highest BCUT2D eigenvalue weighted by atomic mass is 15.0. The molecule has 2 aliphatic rings. The van der Waals surface area contributed by atoms with Crippen molar-refractivity contribution in [2.45, 2.75) is 90.1 Å². The summed E-state index contributed by atoms with van der Waals surface area (Å²) in [4.78, 5) is 0. The van der Waals surface area contributed by atoms with Gasteiger partial charge in [0.25, 0.3) is 0 Å². The van der Waals surface area contributed by atoms with Gasteiger partial charge in [0, 0.05) is 25.2 Å². The molecule has 2 fully saturated rings. The summed E-state index contributed by atoms with van der Waals surface area (Å²) in [5.41, 5.74) is 0. The summed E-state index contributed by atoms with van der Waals surface area (Å²) in [6.45, 7) is 7.16. The molecular weight excluding hydrogens is 244 g/mol. The van der Waals surface area contributed by atoms with Crippen LogP contribution < -0.4 is 10.6 Å². The fourth-order valence-corrected chi connectivity index (χ4v) is 4.06. The van der Waals surface area contributed by atoms with Crippen molar-refractivity contribution in [2.24, 2.45) is 11.8 Å². The van der Waals surface area contributed by atoms with Gasteiger partial charge in [-0.1, -0.05) is 58.8 Å². The Hall–Kier alpha value is -0.0800. The molecular formula is C18H36N2. The molecule has 0 saturated heterocycles. The predicted molar refractivity (Wildman–Crippen MR) is 88.1 cm³/mol. The maximum Gasteiger partial charge on any atom is 0.00957 e. The van der Waals surface area contributed by atoms with E-state index in [1.807, 2.05) is 0 Å². The second-order valence-electron chi connectivity index (χ2n) is 7.32. The van der Waals surface area contributed by atoms with Crippen molar-refractivity contribution in [3.8, 4) is 0 Å². The lowest BCUT2D eigenvalue weighted by molar-refractivity contribution is 0.206. The molecule has 0 aromatic rings. The van der Waals surface area contributed by atoms with E-state index >= 15 is 0 Å². The zero-order valence-corrected chi connectivity index (χ0v) is 13.8. The van der Waals surface area contributed by atoms with Crippen molar-refractivity contribution in [1.82, 2.24) is 10.6 Å². The molecule has 0 spiro atoms. The van der Waals surface area contributed by atoms with Crippen molar-refractivity contribution in [3.05, 3.63) is 0 Å². The second kappa shape index (κ2) is 9.04. The molecule has 118 valence electrons. The third kappa shape index (κ3) is 5.37. The summed E-state index contributed by atoms with van der Waals surface area (Å²) in [5.74, 6) is 1.75. The Morgan fingerprint density at radius 3 is 2.10 bits per heavy atom. The maximum atomic E-state index is 3.81. The van der Waals surface area contributed by atoms with E-state index in [1.54, 1.807) is 0 Å². The molecule has 0 amide bonds. The second-order valence-corrected chi connectivity index (χ2v) is 7.32. The lowest BCUT2D eigenvalue weighted by Gasteiger charge is -2.35. The lowest BCUT2D eigenvalue weighted by Crippen LogP contribution is -2.44. The fourth-order valence-electron chi connectivity index (χ4n) is 4.06. The van der Waals surface area contributed by atoms with Gasteiger partial charge >= 0.3 is 0 Å². The van der Waals surface area contributed by atoms with Gasteiger partial charge in [-0.2, -0.15) is 0 Å². The van der Waals surface area contributed by atoms with Crippen LogP contribution in [0, 0.1) is 11.8 Å². The standard InChI is InChI=1S/C18H36N2/c1-15-9-8-12-18(16(15)2)20-14-13-19-17-10-6-4-3-5-7-11-17/h15-20H,3-14H2,1-2H3. The van der Waals surface area contributed by atoms with Gasteiger partial charge in [0.15, 0.2) is 0 Å². The number of rotatable bonds is 5. The average molecular weight is 280 g/mol. The van der Waals surface area contributed by atoms with Crippen molar-refractivity contribution in [2.75, 3.05) is 13.1 Å². The normalized spacial score (nSPS) is 33.6. The van der Waals surface area contributed by atoms with Crippen molar-refractivity contribution in [1.29, 1.82) is 0 Å². The monoisotopic (exact) mass is 280 g/mol. The predicted octanol–water partition coefficient (Wildman–Crippen LogP) is 4.10. The van der Waals surface area contributed by atoms with Gasteiger partial charge in [0.2, 0.25) is 0 Å². The number of hydrogen-bond acceptors (Lipinski definition) is 2. The van der Waals surface area contributed by atoms with E-state index in [1.165, 1.54) is 64.2 Å². The minimum Gasteiger partial charge on any atom is -0.313 e. The minimum absolute atomic E-state index is 0.762. The Morgan fingerprint density at radius 1 is 0.700 bits per heavy atom. The van der Waals surface area contributed by atoms with E-state index in [4.69, 9.17) is 0 Å². The van der Waals surface area contributed by atoms with Crippen LogP contribution in [0.4, 0.5) is 0 Å². The smallest absolute Gasteiger partial charge is 0.00957 e. The van der Waals surface area contributed by atoms with E-state index in [0.717, 1.165) is 37.0 Å². The first-order chi connectivity index (χ1) is 9.77. The summed E-state index contributed by atoms with van der Waals surface area (Å²) >= 11 is 0. The van der Waals surface area contributed by atoms with Crippen molar-refractivity contribution < 1.29 is 0 Å². The van der Waals surface area contributed by atoms with Gasteiger partial charge in [-0.15, -0.1) is 0 Å². The van der Waals surface area contributed by atoms with Crippen LogP contribution in [0.2, 0.25) is 0 Å². The Morgan fingerprint density at radius 2 is 1.35 bits per heavy atom. The van der Waals surface area contributed by atoms with Gasteiger partial charge in [-0.25, -0.2) is 0 Å². The van der Waals surface area contributed by atoms with E-state index < -0.39 is 0 Å². The lowest BCUT2D eigenvalue weighted by atomic mass is 9.78. The summed E-state index contributed by atoms with van der Waals surface area (Å²) < 4.78 is 0. The molecule has 2 nitrogen and oxygen atoms in total. The molecule has 3 unspecified atom stereocenters. The zero-order valence-electron chi connectivity index (χ0n) is 13.8. The average Bonchev–Trinajstić information content (AvgIpc) is 2.41. The van der Waals surface area contributed by atoms with Crippen molar-refractivity contribution in [3.63, 3.8) is 0 Å². The molecule has 3 atom stereocenters. The highest BCUT2D eigenvalue weighted by molar-refractivity contribution is 4.82. The molecule has 0 aromatic heterocycles. The van der Waals surface area contributed by atoms with Crippen LogP contribution in [0.25, 0.3) is 0 Å². The van der Waals surface area contributed by atoms with Gasteiger partial charge in [0.1, 0.15) is 0 Å². The molecule has 2 N–H and O–H groups in total. The van der Waals surface area contributed by atoms with Crippen LogP contribution >= 0.6 is 0 Å². The molecule has 2 saturated carbocycles. The molecule has 0 aromatic carbocycles. The van der Waals surface area contributed by atoms with Crippen LogP contribution in [0.5, 0.6) is 0 Å². The highest BCUT2D eigenvalue weighted by Gasteiger charge is 2.26. The fraction of sp³-hybridized carbons (Fsp3) is 1.00. The topological polar surface area (TPSA) is 24.1 Å². The maximum absolute atomic E-state index is 3.81. The quantitative estimate of drug-likeness (QED) is 0.741. The zero-order chi connectivity index (χ0) is 14.2. The molecule has 2 heteroatoms. The van der Waals surface area contributed by atoms with E-state index in [-0.39, 0.29) is 0 Å². The molecule has 20 heavy (non-hydrogen) atoms. The molecule has 0 radical (unpaired) electrons. The Kier molecular flexibility index (Phi) is 7.37. The third-order valence-corrected chi connectivity index (χ3v) is 5.78. The van der Waals surface area contributed by atoms with E-state index in [2.05, 4.69) is 24.5 Å².